The second-order valence-corrected chi connectivity index (χ2v) is 2.69. The van der Waals surface area contributed by atoms with Gasteiger partial charge in [-0.15, -0.1) is 0 Å². The lowest BCUT2D eigenvalue weighted by molar-refractivity contribution is 0.0662. The second-order valence-electron chi connectivity index (χ2n) is 2.69. The van der Waals surface area contributed by atoms with Crippen molar-refractivity contribution < 1.29 is 14.3 Å². The van der Waals surface area contributed by atoms with Gasteiger partial charge in [0.15, 0.2) is 0 Å². The van der Waals surface area contributed by atoms with Crippen LogP contribution in [0.15, 0.2) is 16.5 Å². The summed E-state index contributed by atoms with van der Waals surface area (Å²) in [4.78, 5) is 10.5. The first-order chi connectivity index (χ1) is 6.65. The molecule has 0 saturated carbocycles. The zero-order valence-corrected chi connectivity index (χ0v) is 7.41. The summed E-state index contributed by atoms with van der Waals surface area (Å²) in [5.74, 6) is -1.06. The molecule has 0 saturated heterocycles. The summed E-state index contributed by atoms with van der Waals surface area (Å²) in [7, 11) is 0. The summed E-state index contributed by atoms with van der Waals surface area (Å²) in [6.45, 7) is 0. The van der Waals surface area contributed by atoms with Crippen LogP contribution in [0.25, 0.3) is 0 Å². The molecule has 3 N–H and O–H groups in total. The third-order valence-electron chi connectivity index (χ3n) is 1.65. The maximum Gasteiger partial charge on any atom is 0.371 e. The number of furan rings is 1. The normalized spacial score (nSPS) is 9.71. The standard InChI is InChI=1S/C9H10N2O3/c10-5-1-2-6(11)7-3-4-8(14-7)9(12)13/h3-5,10-11H,1-2H2,(H,12,13). The lowest BCUT2D eigenvalue weighted by Gasteiger charge is -1.95. The topological polar surface area (TPSA) is 98.1 Å². The number of rotatable bonds is 5. The molecular weight excluding hydrogens is 184 g/mol. The Morgan fingerprint density at radius 1 is 1.50 bits per heavy atom. The number of nitrogens with one attached hydrogen (secondary N) is 2. The molecule has 0 spiro atoms. The Kier molecular flexibility index (Phi) is 3.17. The van der Waals surface area contributed by atoms with Gasteiger partial charge in [0.25, 0.3) is 0 Å². The monoisotopic (exact) mass is 194 g/mol. The highest BCUT2D eigenvalue weighted by atomic mass is 16.4. The Morgan fingerprint density at radius 3 is 2.64 bits per heavy atom. The van der Waals surface area contributed by atoms with Crippen LogP contribution in [0.4, 0.5) is 0 Å². The molecule has 0 radical (unpaired) electrons. The highest BCUT2D eigenvalue weighted by molar-refractivity contribution is 5.97. The van der Waals surface area contributed by atoms with Gasteiger partial charge in [0.2, 0.25) is 5.76 Å². The molecule has 1 heterocycles. The van der Waals surface area contributed by atoms with Crippen LogP contribution in [0.2, 0.25) is 0 Å². The maximum atomic E-state index is 10.5. The van der Waals surface area contributed by atoms with E-state index in [1.54, 1.807) is 0 Å². The molecule has 1 aromatic heterocycles. The summed E-state index contributed by atoms with van der Waals surface area (Å²) in [5.41, 5.74) is 0.209. The molecule has 5 heteroatoms. The van der Waals surface area contributed by atoms with E-state index in [1.807, 2.05) is 0 Å². The molecule has 0 aromatic carbocycles. The average molecular weight is 194 g/mol. The van der Waals surface area contributed by atoms with Gasteiger partial charge in [-0.2, -0.15) is 0 Å². The molecule has 5 nitrogen and oxygen atoms in total. The van der Waals surface area contributed by atoms with E-state index in [2.05, 4.69) is 0 Å². The average Bonchev–Trinajstić information content (AvgIpc) is 2.62. The molecular formula is C9H10N2O3. The van der Waals surface area contributed by atoms with Crippen molar-refractivity contribution in [1.29, 1.82) is 10.8 Å². The maximum absolute atomic E-state index is 10.5. The van der Waals surface area contributed by atoms with Crippen LogP contribution in [-0.2, 0) is 0 Å². The lowest BCUT2D eigenvalue weighted by Crippen LogP contribution is -1.98. The predicted octanol–water partition coefficient (Wildman–Crippen LogP) is 1.78. The van der Waals surface area contributed by atoms with Gasteiger partial charge < -0.3 is 20.3 Å². The Bertz CT molecular complexity index is 368. The van der Waals surface area contributed by atoms with Crippen molar-refractivity contribution in [3.05, 3.63) is 23.7 Å². The number of carboxylic acids is 1. The van der Waals surface area contributed by atoms with Crippen molar-refractivity contribution in [1.82, 2.24) is 0 Å². The van der Waals surface area contributed by atoms with E-state index in [4.69, 9.17) is 20.3 Å². The zero-order valence-electron chi connectivity index (χ0n) is 7.41. The molecule has 0 aliphatic heterocycles. The Balaban J connectivity index is 2.71. The number of hydrogen-bond acceptors (Lipinski definition) is 4. The van der Waals surface area contributed by atoms with Crippen LogP contribution in [0.5, 0.6) is 0 Å². The fourth-order valence-corrected chi connectivity index (χ4v) is 0.955. The molecule has 1 rings (SSSR count). The molecule has 0 bridgehead atoms. The third kappa shape index (κ3) is 2.29. The molecule has 74 valence electrons. The largest absolute Gasteiger partial charge is 0.475 e. The highest BCUT2D eigenvalue weighted by Crippen LogP contribution is 2.10. The van der Waals surface area contributed by atoms with Crippen molar-refractivity contribution in [3.63, 3.8) is 0 Å². The van der Waals surface area contributed by atoms with Crippen molar-refractivity contribution in [2.45, 2.75) is 12.8 Å². The SMILES string of the molecule is N=CCCC(=N)c1ccc(C(=O)O)o1. The lowest BCUT2D eigenvalue weighted by atomic mass is 10.2. The van der Waals surface area contributed by atoms with Crippen molar-refractivity contribution >= 4 is 17.9 Å². The van der Waals surface area contributed by atoms with Crippen molar-refractivity contribution in [3.8, 4) is 0 Å². The van der Waals surface area contributed by atoms with E-state index in [-0.39, 0.29) is 17.2 Å². The summed E-state index contributed by atoms with van der Waals surface area (Å²) >= 11 is 0. The number of aromatic carboxylic acids is 1. The first-order valence-electron chi connectivity index (χ1n) is 4.05. The molecule has 14 heavy (non-hydrogen) atoms. The van der Waals surface area contributed by atoms with Gasteiger partial charge in [-0.05, 0) is 31.2 Å². The molecule has 0 fully saturated rings. The van der Waals surface area contributed by atoms with E-state index >= 15 is 0 Å². The number of carboxylic acid groups (broad SMARTS) is 1. The van der Waals surface area contributed by atoms with Gasteiger partial charge in [0, 0.05) is 0 Å². The van der Waals surface area contributed by atoms with Crippen LogP contribution >= 0.6 is 0 Å². The van der Waals surface area contributed by atoms with Crippen LogP contribution in [0.3, 0.4) is 0 Å². The quantitative estimate of drug-likeness (QED) is 0.623. The van der Waals surface area contributed by atoms with Gasteiger partial charge in [-0.25, -0.2) is 4.79 Å². The molecule has 0 aliphatic rings. The van der Waals surface area contributed by atoms with Gasteiger partial charge in [0.1, 0.15) is 5.76 Å². The highest BCUT2D eigenvalue weighted by Gasteiger charge is 2.11. The summed E-state index contributed by atoms with van der Waals surface area (Å²) in [6, 6.07) is 2.77. The molecule has 0 amide bonds. The third-order valence-corrected chi connectivity index (χ3v) is 1.65. The summed E-state index contributed by atoms with van der Waals surface area (Å²) in [5, 5.41) is 22.8. The van der Waals surface area contributed by atoms with Gasteiger partial charge in [-0.3, -0.25) is 0 Å². The van der Waals surface area contributed by atoms with E-state index in [0.29, 0.717) is 12.8 Å². The smallest absolute Gasteiger partial charge is 0.371 e. The van der Waals surface area contributed by atoms with Crippen LogP contribution in [0.1, 0.15) is 29.2 Å². The minimum atomic E-state index is -1.14. The van der Waals surface area contributed by atoms with E-state index < -0.39 is 5.97 Å². The van der Waals surface area contributed by atoms with E-state index in [1.165, 1.54) is 18.3 Å². The molecule has 0 aliphatic carbocycles. The number of hydrogen-bond donors (Lipinski definition) is 3. The van der Waals surface area contributed by atoms with Gasteiger partial charge in [0.05, 0.1) is 5.71 Å². The Labute approximate surface area is 80.4 Å². The van der Waals surface area contributed by atoms with E-state index in [0.717, 1.165) is 0 Å². The fraction of sp³-hybridized carbons (Fsp3) is 0.222. The first kappa shape index (κ1) is 10.2. The molecule has 0 unspecified atom stereocenters. The zero-order chi connectivity index (χ0) is 10.6. The fourth-order valence-electron chi connectivity index (χ4n) is 0.955. The van der Waals surface area contributed by atoms with Gasteiger partial charge >= 0.3 is 5.97 Å². The molecule has 0 atom stereocenters. The first-order valence-corrected chi connectivity index (χ1v) is 4.05. The molecule has 1 aromatic rings. The van der Waals surface area contributed by atoms with Crippen LogP contribution < -0.4 is 0 Å². The Morgan fingerprint density at radius 2 is 2.14 bits per heavy atom. The van der Waals surface area contributed by atoms with Crippen LogP contribution in [0, 0.1) is 10.8 Å². The number of carbonyl (C=O) groups is 1. The minimum absolute atomic E-state index is 0.167. The van der Waals surface area contributed by atoms with E-state index in [9.17, 15) is 4.79 Å². The van der Waals surface area contributed by atoms with Crippen molar-refractivity contribution in [2.75, 3.05) is 0 Å². The second kappa shape index (κ2) is 4.36. The summed E-state index contributed by atoms with van der Waals surface area (Å²) < 4.78 is 4.90. The van der Waals surface area contributed by atoms with Crippen LogP contribution in [-0.4, -0.2) is 23.0 Å². The van der Waals surface area contributed by atoms with Gasteiger partial charge in [-0.1, -0.05) is 0 Å². The minimum Gasteiger partial charge on any atom is -0.475 e. The predicted molar refractivity (Wildman–Crippen MR) is 50.5 cm³/mol. The Hall–Kier alpha value is -1.91. The summed E-state index contributed by atoms with van der Waals surface area (Å²) in [6.07, 6.45) is 2.05. The van der Waals surface area contributed by atoms with Crippen molar-refractivity contribution in [2.24, 2.45) is 0 Å².